The molecule has 0 nitrogen and oxygen atoms in total. The van der Waals surface area contributed by atoms with Crippen LogP contribution < -0.4 is 0 Å². The molecule has 1 saturated heterocycles. The molecule has 0 amide bonds. The molecule has 1 heteroatoms. The van der Waals surface area contributed by atoms with Crippen molar-refractivity contribution >= 4 is 6.71 Å². The van der Waals surface area contributed by atoms with E-state index >= 15 is 0 Å². The summed E-state index contributed by atoms with van der Waals surface area (Å²) in [5, 5.41) is 0. The normalized spacial score (nSPS) is 38.9. The minimum atomic E-state index is 1.02. The molecule has 0 N–H and O–H groups in total. The highest BCUT2D eigenvalue weighted by Gasteiger charge is 2.53. The average molecular weight is 87.9 g/mol. The molecule has 0 radical (unpaired) electrons. The van der Waals surface area contributed by atoms with Crippen LogP contribution >= 0.6 is 0 Å². The summed E-state index contributed by atoms with van der Waals surface area (Å²) in [6.45, 7) is 1.02. The molecule has 0 aromatic heterocycles. The van der Waals surface area contributed by atoms with Gasteiger partial charge in [-0.15, -0.1) is 0 Å². The fraction of sp³-hybridized carbons (Fsp3) is 0.333. The van der Waals surface area contributed by atoms with Gasteiger partial charge in [-0.1, -0.05) is 29.5 Å². The molecule has 4 aliphatic rings. The van der Waals surface area contributed by atoms with Crippen molar-refractivity contribution in [2.45, 2.75) is 12.1 Å². The van der Waals surface area contributed by atoms with Crippen molar-refractivity contribution in [3.63, 3.8) is 0 Å². The summed E-state index contributed by atoms with van der Waals surface area (Å²) in [4.78, 5) is 0. The second-order valence-corrected chi connectivity index (χ2v) is 2.74. The van der Waals surface area contributed by atoms with E-state index in [4.69, 9.17) is 0 Å². The first kappa shape index (κ1) is 2.76. The van der Waals surface area contributed by atoms with E-state index in [0.29, 0.717) is 0 Å². The van der Waals surface area contributed by atoms with E-state index < -0.39 is 0 Å². The van der Waals surface area contributed by atoms with Crippen LogP contribution in [0, 0.1) is 0 Å². The molecule has 0 spiro atoms. The van der Waals surface area contributed by atoms with Crippen LogP contribution in [0.5, 0.6) is 0 Å². The first-order valence-electron chi connectivity index (χ1n) is 2.88. The van der Waals surface area contributed by atoms with Crippen molar-refractivity contribution in [2.24, 2.45) is 0 Å². The fourth-order valence-electron chi connectivity index (χ4n) is 1.73. The zero-order valence-corrected chi connectivity index (χ0v) is 4.02. The first-order chi connectivity index (χ1) is 3.45. The van der Waals surface area contributed by atoms with Crippen molar-refractivity contribution in [2.75, 3.05) is 0 Å². The third-order valence-electron chi connectivity index (χ3n) is 2.31. The Hall–Kier alpha value is -0.455. The quantitative estimate of drug-likeness (QED) is 0.391. The lowest BCUT2D eigenvalue weighted by atomic mass is 9.64. The van der Waals surface area contributed by atoms with Gasteiger partial charge in [-0.05, 0) is 5.82 Å². The van der Waals surface area contributed by atoms with Crippen LogP contribution in [0.4, 0.5) is 0 Å². The smallest absolute Gasteiger partial charge is 0.0789 e. The number of hydrogen-bond donors (Lipinski definition) is 0. The van der Waals surface area contributed by atoms with Crippen molar-refractivity contribution in [3.8, 4) is 0 Å². The molecule has 3 heterocycles. The summed E-state index contributed by atoms with van der Waals surface area (Å²) in [6.07, 6.45) is 6.18. The van der Waals surface area contributed by atoms with Gasteiger partial charge in [0.15, 0.2) is 6.71 Å². The Bertz CT molecular complexity index is 173. The molecule has 4 rings (SSSR count). The first-order valence-corrected chi connectivity index (χ1v) is 2.88. The highest BCUT2D eigenvalue weighted by Crippen LogP contribution is 2.59. The number of rotatable bonds is 0. The van der Waals surface area contributed by atoms with Crippen molar-refractivity contribution in [3.05, 3.63) is 23.2 Å². The van der Waals surface area contributed by atoms with E-state index in [0.717, 1.165) is 12.5 Å². The van der Waals surface area contributed by atoms with Crippen LogP contribution in [0.2, 0.25) is 12.1 Å². The Morgan fingerprint density at radius 3 is 2.57 bits per heavy atom. The predicted octanol–water partition coefficient (Wildman–Crippen LogP) is 1.28. The molecule has 2 bridgehead atoms. The lowest BCUT2D eigenvalue weighted by Crippen LogP contribution is -1.90. The second-order valence-electron chi connectivity index (χ2n) is 2.74. The molecule has 3 aliphatic heterocycles. The lowest BCUT2D eigenvalue weighted by molar-refractivity contribution is 1.26. The van der Waals surface area contributed by atoms with E-state index in [-0.39, 0.29) is 0 Å². The monoisotopic (exact) mass is 88.0 g/mol. The zero-order chi connectivity index (χ0) is 4.43. The minimum absolute atomic E-state index is 1.02. The molecule has 1 atom stereocenters. The summed E-state index contributed by atoms with van der Waals surface area (Å²) in [6, 6.07) is 0. The van der Waals surface area contributed by atoms with Crippen LogP contribution in [0.3, 0.4) is 0 Å². The van der Waals surface area contributed by atoms with Gasteiger partial charge < -0.3 is 0 Å². The summed E-state index contributed by atoms with van der Waals surface area (Å²) in [5.41, 5.74) is 3.28. The fourth-order valence-corrected chi connectivity index (χ4v) is 1.73. The Morgan fingerprint density at radius 2 is 2.43 bits per heavy atom. The van der Waals surface area contributed by atoms with Crippen molar-refractivity contribution in [1.82, 2.24) is 0 Å². The highest BCUT2D eigenvalue weighted by atomic mass is 14.3. The lowest BCUT2D eigenvalue weighted by Gasteiger charge is -2.03. The summed E-state index contributed by atoms with van der Waals surface area (Å²) in [5.74, 6) is 1.02. The van der Waals surface area contributed by atoms with Gasteiger partial charge in [0.2, 0.25) is 0 Å². The second kappa shape index (κ2) is 0.541. The Morgan fingerprint density at radius 1 is 1.57 bits per heavy atom. The van der Waals surface area contributed by atoms with E-state index in [1.165, 1.54) is 6.32 Å². The van der Waals surface area contributed by atoms with Gasteiger partial charge in [0, 0.05) is 0 Å². The minimum Gasteiger partial charge on any atom is -0.0789 e. The maximum absolute atomic E-state index is 2.35. The van der Waals surface area contributed by atoms with E-state index in [9.17, 15) is 0 Å². The zero-order valence-electron chi connectivity index (χ0n) is 4.02. The van der Waals surface area contributed by atoms with Crippen LogP contribution in [0.1, 0.15) is 0 Å². The van der Waals surface area contributed by atoms with Gasteiger partial charge in [-0.25, -0.2) is 0 Å². The van der Waals surface area contributed by atoms with Crippen LogP contribution in [0.25, 0.3) is 0 Å². The van der Waals surface area contributed by atoms with Crippen molar-refractivity contribution < 1.29 is 0 Å². The van der Waals surface area contributed by atoms with E-state index in [2.05, 4.69) is 12.2 Å². The molecule has 1 fully saturated rings. The van der Waals surface area contributed by atoms with Gasteiger partial charge in [-0.2, -0.15) is 0 Å². The van der Waals surface area contributed by atoms with Gasteiger partial charge in [0.1, 0.15) is 0 Å². The van der Waals surface area contributed by atoms with Crippen LogP contribution in [0.15, 0.2) is 23.2 Å². The van der Waals surface area contributed by atoms with Crippen LogP contribution in [-0.4, -0.2) is 6.71 Å². The molecular formula is C6H5B. The third kappa shape index (κ3) is 0.150. The highest BCUT2D eigenvalue weighted by molar-refractivity contribution is 6.83. The van der Waals surface area contributed by atoms with Crippen LogP contribution in [-0.2, 0) is 0 Å². The van der Waals surface area contributed by atoms with E-state index in [1.54, 1.807) is 11.0 Å². The SMILES string of the molecule is C1=C2C=C1C1CB21. The summed E-state index contributed by atoms with van der Waals surface area (Å²) >= 11 is 0. The average Bonchev–Trinajstić information content (AvgIpc) is 2.10. The molecular weight excluding hydrogens is 82.9 g/mol. The van der Waals surface area contributed by atoms with Gasteiger partial charge >= 0.3 is 0 Å². The molecule has 1 unspecified atom stereocenters. The Balaban J connectivity index is 2.34. The largest absolute Gasteiger partial charge is 0.182 e. The maximum Gasteiger partial charge on any atom is 0.182 e. The van der Waals surface area contributed by atoms with Gasteiger partial charge in [-0.3, -0.25) is 0 Å². The number of hydrogen-bond acceptors (Lipinski definition) is 0. The summed E-state index contributed by atoms with van der Waals surface area (Å²) < 4.78 is 0. The van der Waals surface area contributed by atoms with Gasteiger partial charge in [0.05, 0.1) is 0 Å². The Labute approximate surface area is 43.0 Å². The molecule has 7 heavy (non-hydrogen) atoms. The van der Waals surface area contributed by atoms with Gasteiger partial charge in [0.25, 0.3) is 0 Å². The number of allylic oxidation sites excluding steroid dienone is 4. The maximum atomic E-state index is 2.35. The molecule has 0 saturated carbocycles. The van der Waals surface area contributed by atoms with Crippen molar-refractivity contribution in [1.29, 1.82) is 0 Å². The molecule has 1 aliphatic carbocycles. The summed E-state index contributed by atoms with van der Waals surface area (Å²) in [7, 11) is 0. The molecule has 0 aromatic rings. The molecule has 32 valence electrons. The third-order valence-corrected chi connectivity index (χ3v) is 2.31. The topological polar surface area (TPSA) is 0 Å². The van der Waals surface area contributed by atoms with E-state index in [1.807, 2.05) is 0 Å². The Kier molecular flexibility index (Phi) is 0.213. The predicted molar refractivity (Wildman–Crippen MR) is 30.5 cm³/mol. The standard InChI is InChI=1S/C6H5B/c1-4-2-5(1)7-3-6(4)7/h1-2,6H,3H2. The molecule has 0 aromatic carbocycles.